The molecular weight excluding hydrogens is 322 g/mol. The van der Waals surface area contributed by atoms with Crippen LogP contribution in [0.2, 0.25) is 0 Å². The lowest BCUT2D eigenvalue weighted by atomic mass is 10.0. The van der Waals surface area contributed by atoms with Crippen LogP contribution in [0.1, 0.15) is 37.4 Å². The van der Waals surface area contributed by atoms with Gasteiger partial charge >= 0.3 is 0 Å². The van der Waals surface area contributed by atoms with Gasteiger partial charge in [0.15, 0.2) is 5.78 Å². The minimum atomic E-state index is -0.0958. The molecule has 0 unspecified atom stereocenters. The van der Waals surface area contributed by atoms with E-state index >= 15 is 0 Å². The molecule has 3 aromatic carbocycles. The predicted octanol–water partition coefficient (Wildman–Crippen LogP) is 3.81. The normalized spacial score (nSPS) is 13.2. The zero-order valence-electron chi connectivity index (χ0n) is 14.3. The fourth-order valence-electron chi connectivity index (χ4n) is 3.46. The van der Waals surface area contributed by atoms with Gasteiger partial charge in [0, 0.05) is 22.7 Å². The van der Waals surface area contributed by atoms with Crippen LogP contribution in [-0.4, -0.2) is 17.7 Å². The number of nitrogens with one attached hydrogen (secondary N) is 1. The first-order chi connectivity index (χ1) is 12.7. The number of carbonyl (C=O) groups is 2. The molecular formula is C23H19NO2. The van der Waals surface area contributed by atoms with Crippen LogP contribution in [0.4, 0.5) is 0 Å². The van der Waals surface area contributed by atoms with Crippen LogP contribution < -0.4 is 5.32 Å². The van der Waals surface area contributed by atoms with E-state index in [-0.39, 0.29) is 17.7 Å². The zero-order valence-corrected chi connectivity index (χ0v) is 14.3. The molecule has 0 heterocycles. The lowest BCUT2D eigenvalue weighted by Crippen LogP contribution is -2.35. The van der Waals surface area contributed by atoms with Crippen LogP contribution >= 0.6 is 0 Å². The number of rotatable bonds is 4. The SMILES string of the molecule is O=C(NC1Cc2ccccc2C1)c1ccc(C(=O)c2ccccc2)cc1. The molecule has 0 saturated carbocycles. The van der Waals surface area contributed by atoms with E-state index in [1.165, 1.54) is 11.1 Å². The third-order valence-corrected chi connectivity index (χ3v) is 4.83. The van der Waals surface area contributed by atoms with Crippen molar-refractivity contribution >= 4 is 11.7 Å². The molecule has 1 amide bonds. The topological polar surface area (TPSA) is 46.2 Å². The fourth-order valence-corrected chi connectivity index (χ4v) is 3.46. The summed E-state index contributed by atoms with van der Waals surface area (Å²) in [5.74, 6) is -0.134. The summed E-state index contributed by atoms with van der Waals surface area (Å²) in [5.41, 5.74) is 4.42. The van der Waals surface area contributed by atoms with Crippen molar-refractivity contribution in [3.05, 3.63) is 107 Å². The summed E-state index contributed by atoms with van der Waals surface area (Å²) in [7, 11) is 0. The minimum Gasteiger partial charge on any atom is -0.349 e. The highest BCUT2D eigenvalue weighted by atomic mass is 16.1. The highest BCUT2D eigenvalue weighted by molar-refractivity contribution is 6.09. The average Bonchev–Trinajstić information content (AvgIpc) is 3.10. The Bertz CT molecular complexity index is 920. The second-order valence-electron chi connectivity index (χ2n) is 6.62. The van der Waals surface area contributed by atoms with E-state index in [2.05, 4.69) is 17.4 Å². The van der Waals surface area contributed by atoms with Crippen molar-refractivity contribution < 1.29 is 9.59 Å². The largest absolute Gasteiger partial charge is 0.349 e. The van der Waals surface area contributed by atoms with Gasteiger partial charge in [-0.15, -0.1) is 0 Å². The molecule has 4 rings (SSSR count). The van der Waals surface area contributed by atoms with Gasteiger partial charge in [-0.05, 0) is 36.1 Å². The first-order valence-electron chi connectivity index (χ1n) is 8.78. The Balaban J connectivity index is 1.42. The molecule has 1 aliphatic carbocycles. The van der Waals surface area contributed by atoms with Crippen molar-refractivity contribution in [1.82, 2.24) is 5.32 Å². The summed E-state index contributed by atoms with van der Waals surface area (Å²) >= 11 is 0. The number of ketones is 1. The fraction of sp³-hybridized carbons (Fsp3) is 0.130. The first kappa shape index (κ1) is 16.3. The number of hydrogen-bond donors (Lipinski definition) is 1. The Hall–Kier alpha value is -3.20. The maximum atomic E-state index is 12.5. The number of carbonyl (C=O) groups excluding carboxylic acids is 2. The second kappa shape index (κ2) is 6.96. The molecule has 26 heavy (non-hydrogen) atoms. The number of fused-ring (bicyclic) bond motifs is 1. The van der Waals surface area contributed by atoms with Gasteiger partial charge < -0.3 is 5.32 Å². The summed E-state index contributed by atoms with van der Waals surface area (Å²) in [5, 5.41) is 3.10. The second-order valence-corrected chi connectivity index (χ2v) is 6.62. The predicted molar refractivity (Wildman–Crippen MR) is 101 cm³/mol. The highest BCUT2D eigenvalue weighted by Gasteiger charge is 2.22. The van der Waals surface area contributed by atoms with Crippen LogP contribution in [0.15, 0.2) is 78.9 Å². The Labute approximate surface area is 152 Å². The maximum Gasteiger partial charge on any atom is 0.251 e. The van der Waals surface area contributed by atoms with Gasteiger partial charge in [0.25, 0.3) is 5.91 Å². The average molecular weight is 341 g/mol. The molecule has 0 bridgehead atoms. The molecule has 1 N–H and O–H groups in total. The van der Waals surface area contributed by atoms with E-state index in [9.17, 15) is 9.59 Å². The van der Waals surface area contributed by atoms with E-state index in [1.54, 1.807) is 36.4 Å². The Morgan fingerprint density at radius 1 is 0.654 bits per heavy atom. The summed E-state index contributed by atoms with van der Waals surface area (Å²) in [6.07, 6.45) is 1.74. The van der Waals surface area contributed by atoms with Crippen LogP contribution in [0, 0.1) is 0 Å². The minimum absolute atomic E-state index is 0.0381. The molecule has 3 aromatic rings. The maximum absolute atomic E-state index is 12.5. The summed E-state index contributed by atoms with van der Waals surface area (Å²) in [6, 6.07) is 24.4. The Morgan fingerprint density at radius 3 is 1.77 bits per heavy atom. The van der Waals surface area contributed by atoms with Crippen molar-refractivity contribution in [3.63, 3.8) is 0 Å². The van der Waals surface area contributed by atoms with Crippen LogP contribution in [-0.2, 0) is 12.8 Å². The molecule has 0 aliphatic heterocycles. The van der Waals surface area contributed by atoms with Gasteiger partial charge in [-0.1, -0.05) is 66.7 Å². The van der Waals surface area contributed by atoms with Gasteiger partial charge in [-0.2, -0.15) is 0 Å². The summed E-state index contributed by atoms with van der Waals surface area (Å²) in [6.45, 7) is 0. The van der Waals surface area contributed by atoms with Gasteiger partial charge in [-0.25, -0.2) is 0 Å². The van der Waals surface area contributed by atoms with Crippen molar-refractivity contribution in [3.8, 4) is 0 Å². The molecule has 0 fully saturated rings. The van der Waals surface area contributed by atoms with E-state index < -0.39 is 0 Å². The standard InChI is InChI=1S/C23H19NO2/c25-22(16-6-2-1-3-7-16)17-10-12-18(13-11-17)23(26)24-21-14-19-8-4-5-9-20(19)15-21/h1-13,21H,14-15H2,(H,24,26). The third kappa shape index (κ3) is 3.29. The molecule has 0 atom stereocenters. The van der Waals surface area contributed by atoms with E-state index in [0.29, 0.717) is 16.7 Å². The van der Waals surface area contributed by atoms with E-state index in [0.717, 1.165) is 12.8 Å². The molecule has 3 nitrogen and oxygen atoms in total. The van der Waals surface area contributed by atoms with Crippen LogP contribution in [0.25, 0.3) is 0 Å². The molecule has 1 aliphatic rings. The molecule has 128 valence electrons. The number of amides is 1. The van der Waals surface area contributed by atoms with Gasteiger partial charge in [0.2, 0.25) is 0 Å². The third-order valence-electron chi connectivity index (χ3n) is 4.83. The van der Waals surface area contributed by atoms with Crippen LogP contribution in [0.3, 0.4) is 0 Å². The molecule has 0 saturated heterocycles. The highest BCUT2D eigenvalue weighted by Crippen LogP contribution is 2.22. The van der Waals surface area contributed by atoms with E-state index in [4.69, 9.17) is 0 Å². The summed E-state index contributed by atoms with van der Waals surface area (Å²) in [4.78, 5) is 24.9. The summed E-state index contributed by atoms with van der Waals surface area (Å²) < 4.78 is 0. The van der Waals surface area contributed by atoms with Crippen molar-refractivity contribution in [2.24, 2.45) is 0 Å². The lowest BCUT2D eigenvalue weighted by Gasteiger charge is -2.12. The molecule has 3 heteroatoms. The molecule has 0 aromatic heterocycles. The Morgan fingerprint density at radius 2 is 1.15 bits per heavy atom. The van der Waals surface area contributed by atoms with Gasteiger partial charge in [0.1, 0.15) is 0 Å². The molecule has 0 radical (unpaired) electrons. The molecule has 0 spiro atoms. The number of benzene rings is 3. The monoisotopic (exact) mass is 341 g/mol. The quantitative estimate of drug-likeness (QED) is 0.734. The van der Waals surface area contributed by atoms with Gasteiger partial charge in [0.05, 0.1) is 0 Å². The smallest absolute Gasteiger partial charge is 0.251 e. The lowest BCUT2D eigenvalue weighted by molar-refractivity contribution is 0.0937. The van der Waals surface area contributed by atoms with Crippen molar-refractivity contribution in [2.45, 2.75) is 18.9 Å². The van der Waals surface area contributed by atoms with Gasteiger partial charge in [-0.3, -0.25) is 9.59 Å². The zero-order chi connectivity index (χ0) is 17.9. The van der Waals surface area contributed by atoms with Crippen LogP contribution in [0.5, 0.6) is 0 Å². The first-order valence-corrected chi connectivity index (χ1v) is 8.78. The van der Waals surface area contributed by atoms with Crippen molar-refractivity contribution in [2.75, 3.05) is 0 Å². The van der Waals surface area contributed by atoms with E-state index in [1.807, 2.05) is 30.3 Å². The number of hydrogen-bond acceptors (Lipinski definition) is 2. The van der Waals surface area contributed by atoms with Crippen molar-refractivity contribution in [1.29, 1.82) is 0 Å². The Kier molecular flexibility index (Phi) is 4.36.